The molecule has 0 amide bonds. The van der Waals surface area contributed by atoms with Crippen molar-refractivity contribution in [1.82, 2.24) is 4.31 Å². The number of hydrogen-bond donors (Lipinski definition) is 0. The van der Waals surface area contributed by atoms with Gasteiger partial charge in [0.05, 0.1) is 30.8 Å². The van der Waals surface area contributed by atoms with Crippen LogP contribution in [0.2, 0.25) is 0 Å². The molecule has 2 aromatic rings. The van der Waals surface area contributed by atoms with Crippen LogP contribution in [0.4, 0.5) is 8.78 Å². The molecule has 0 aliphatic carbocycles. The minimum Gasteiger partial charge on any atom is -0.494 e. The summed E-state index contributed by atoms with van der Waals surface area (Å²) >= 11 is 0. The molecule has 0 unspecified atom stereocenters. The van der Waals surface area contributed by atoms with E-state index in [0.717, 1.165) is 24.3 Å². The molecule has 7 nitrogen and oxygen atoms in total. The first kappa shape index (κ1) is 21.2. The summed E-state index contributed by atoms with van der Waals surface area (Å²) in [5, 5.41) is 0. The molecule has 0 radical (unpaired) electrons. The van der Waals surface area contributed by atoms with Crippen molar-refractivity contribution in [2.75, 3.05) is 33.4 Å². The van der Waals surface area contributed by atoms with Gasteiger partial charge < -0.3 is 14.2 Å². The monoisotopic (exact) mass is 427 g/mol. The van der Waals surface area contributed by atoms with Gasteiger partial charge in [0, 0.05) is 13.1 Å². The van der Waals surface area contributed by atoms with Gasteiger partial charge in [-0.2, -0.15) is 4.31 Å². The predicted molar refractivity (Wildman–Crippen MR) is 98.0 cm³/mol. The summed E-state index contributed by atoms with van der Waals surface area (Å²) in [5.74, 6) is -2.58. The molecule has 1 heterocycles. The average molecular weight is 427 g/mol. The summed E-state index contributed by atoms with van der Waals surface area (Å²) in [5.41, 5.74) is -0.192. The molecule has 2 aromatic carbocycles. The molecule has 0 aromatic heterocycles. The molecular weight excluding hydrogens is 408 g/mol. The molecule has 0 spiro atoms. The average Bonchev–Trinajstić information content (AvgIpc) is 2.73. The van der Waals surface area contributed by atoms with E-state index in [9.17, 15) is 22.0 Å². The van der Waals surface area contributed by atoms with Crippen molar-refractivity contribution in [2.24, 2.45) is 0 Å². The van der Waals surface area contributed by atoms with Gasteiger partial charge in [-0.05, 0) is 35.9 Å². The van der Waals surface area contributed by atoms with Gasteiger partial charge in [0.15, 0.2) is 11.6 Å². The molecular formula is C19H19F2NO6S. The third-order valence-electron chi connectivity index (χ3n) is 4.35. The Balaban J connectivity index is 1.77. The topological polar surface area (TPSA) is 82.1 Å². The maximum absolute atomic E-state index is 14.1. The fraction of sp³-hybridized carbons (Fsp3) is 0.316. The summed E-state index contributed by atoms with van der Waals surface area (Å²) in [6, 6.07) is 6.92. The zero-order chi connectivity index (χ0) is 21.0. The van der Waals surface area contributed by atoms with Crippen LogP contribution < -0.4 is 4.74 Å². The number of benzene rings is 2. The molecule has 1 aliphatic rings. The number of morpholine rings is 1. The Morgan fingerprint density at radius 3 is 2.48 bits per heavy atom. The van der Waals surface area contributed by atoms with E-state index in [1.54, 1.807) is 0 Å². The van der Waals surface area contributed by atoms with E-state index in [1.807, 2.05) is 0 Å². The highest BCUT2D eigenvalue weighted by Crippen LogP contribution is 2.22. The van der Waals surface area contributed by atoms with Crippen molar-refractivity contribution < 1.29 is 36.2 Å². The lowest BCUT2D eigenvalue weighted by Crippen LogP contribution is -2.40. The van der Waals surface area contributed by atoms with Crippen LogP contribution in [-0.4, -0.2) is 52.1 Å². The minimum atomic E-state index is -3.90. The Morgan fingerprint density at radius 1 is 1.10 bits per heavy atom. The van der Waals surface area contributed by atoms with Crippen LogP contribution in [0.3, 0.4) is 0 Å². The van der Waals surface area contributed by atoms with E-state index >= 15 is 0 Å². The van der Waals surface area contributed by atoms with E-state index < -0.39 is 33.2 Å². The molecule has 0 bridgehead atoms. The Morgan fingerprint density at radius 2 is 1.83 bits per heavy atom. The smallest absolute Gasteiger partial charge is 0.341 e. The largest absolute Gasteiger partial charge is 0.494 e. The van der Waals surface area contributed by atoms with Crippen LogP contribution in [0.5, 0.6) is 5.75 Å². The molecule has 3 rings (SSSR count). The molecule has 0 atom stereocenters. The van der Waals surface area contributed by atoms with E-state index in [-0.39, 0.29) is 43.6 Å². The molecule has 1 aliphatic heterocycles. The van der Waals surface area contributed by atoms with Gasteiger partial charge in [0.25, 0.3) is 0 Å². The highest BCUT2D eigenvalue weighted by atomic mass is 32.2. The summed E-state index contributed by atoms with van der Waals surface area (Å²) in [7, 11) is -2.58. The number of carbonyl (C=O) groups is 1. The summed E-state index contributed by atoms with van der Waals surface area (Å²) in [6.45, 7) is 0.534. The maximum Gasteiger partial charge on any atom is 0.341 e. The van der Waals surface area contributed by atoms with Crippen LogP contribution in [0.1, 0.15) is 15.9 Å². The Bertz CT molecular complexity index is 1010. The number of sulfonamides is 1. The quantitative estimate of drug-likeness (QED) is 0.659. The number of esters is 1. The fourth-order valence-electron chi connectivity index (χ4n) is 2.78. The highest BCUT2D eigenvalue weighted by molar-refractivity contribution is 7.89. The SMILES string of the molecule is COc1ccc(COC(=O)c2cc(S(=O)(=O)N3CCOCC3)ccc2F)cc1F. The lowest BCUT2D eigenvalue weighted by atomic mass is 10.2. The lowest BCUT2D eigenvalue weighted by Gasteiger charge is -2.26. The zero-order valence-corrected chi connectivity index (χ0v) is 16.4. The Hall–Kier alpha value is -2.56. The number of rotatable bonds is 6. The van der Waals surface area contributed by atoms with Gasteiger partial charge in [-0.3, -0.25) is 0 Å². The van der Waals surface area contributed by atoms with Crippen molar-refractivity contribution in [1.29, 1.82) is 0 Å². The third kappa shape index (κ3) is 4.72. The van der Waals surface area contributed by atoms with Gasteiger partial charge in [0.1, 0.15) is 12.4 Å². The van der Waals surface area contributed by atoms with Crippen molar-refractivity contribution in [3.05, 3.63) is 59.2 Å². The second kappa shape index (κ2) is 8.85. The van der Waals surface area contributed by atoms with Crippen LogP contribution in [0.15, 0.2) is 41.3 Å². The second-order valence-electron chi connectivity index (χ2n) is 6.20. The van der Waals surface area contributed by atoms with E-state index in [0.29, 0.717) is 5.56 Å². The molecule has 156 valence electrons. The van der Waals surface area contributed by atoms with Crippen LogP contribution in [0.25, 0.3) is 0 Å². The number of halogens is 2. The van der Waals surface area contributed by atoms with Gasteiger partial charge in [-0.25, -0.2) is 22.0 Å². The normalized spacial score (nSPS) is 15.1. The van der Waals surface area contributed by atoms with Crippen molar-refractivity contribution in [3.63, 3.8) is 0 Å². The molecule has 10 heteroatoms. The summed E-state index contributed by atoms with van der Waals surface area (Å²) in [6.07, 6.45) is 0. The van der Waals surface area contributed by atoms with Crippen molar-refractivity contribution in [3.8, 4) is 5.75 Å². The summed E-state index contributed by atoms with van der Waals surface area (Å²) < 4.78 is 69.4. The maximum atomic E-state index is 14.1. The van der Waals surface area contributed by atoms with Crippen molar-refractivity contribution in [2.45, 2.75) is 11.5 Å². The Kier molecular flexibility index (Phi) is 6.46. The van der Waals surface area contributed by atoms with Gasteiger partial charge in [0.2, 0.25) is 10.0 Å². The molecule has 0 saturated carbocycles. The standard InChI is InChI=1S/C19H19F2NO6S/c1-26-18-5-2-13(10-17(18)21)12-28-19(23)15-11-14(3-4-16(15)20)29(24,25)22-6-8-27-9-7-22/h2-5,10-11H,6-9,12H2,1H3. The fourth-order valence-corrected chi connectivity index (χ4v) is 4.22. The predicted octanol–water partition coefficient (Wildman–Crippen LogP) is 2.35. The van der Waals surface area contributed by atoms with Gasteiger partial charge in [-0.1, -0.05) is 6.07 Å². The lowest BCUT2D eigenvalue weighted by molar-refractivity contribution is 0.0466. The van der Waals surface area contributed by atoms with Crippen molar-refractivity contribution >= 4 is 16.0 Å². The first-order chi connectivity index (χ1) is 13.8. The van der Waals surface area contributed by atoms with E-state index in [1.165, 1.54) is 23.5 Å². The molecule has 1 saturated heterocycles. The van der Waals surface area contributed by atoms with E-state index in [2.05, 4.69) is 0 Å². The molecule has 29 heavy (non-hydrogen) atoms. The van der Waals surface area contributed by atoms with E-state index in [4.69, 9.17) is 14.2 Å². The second-order valence-corrected chi connectivity index (χ2v) is 8.14. The number of hydrogen-bond acceptors (Lipinski definition) is 6. The first-order valence-electron chi connectivity index (χ1n) is 8.70. The summed E-state index contributed by atoms with van der Waals surface area (Å²) in [4.78, 5) is 12.1. The van der Waals surface area contributed by atoms with Crippen LogP contribution >= 0.6 is 0 Å². The number of ether oxygens (including phenoxy) is 3. The Labute approximate surface area is 166 Å². The molecule has 0 N–H and O–H groups in total. The zero-order valence-electron chi connectivity index (χ0n) is 15.6. The van der Waals surface area contributed by atoms with Gasteiger partial charge in [-0.15, -0.1) is 0 Å². The number of nitrogens with zero attached hydrogens (tertiary/aromatic N) is 1. The number of methoxy groups -OCH3 is 1. The number of carbonyl (C=O) groups excluding carboxylic acids is 1. The first-order valence-corrected chi connectivity index (χ1v) is 10.1. The third-order valence-corrected chi connectivity index (χ3v) is 6.25. The highest BCUT2D eigenvalue weighted by Gasteiger charge is 2.28. The van der Waals surface area contributed by atoms with Crippen LogP contribution in [0, 0.1) is 11.6 Å². The van der Waals surface area contributed by atoms with Gasteiger partial charge >= 0.3 is 5.97 Å². The molecule has 1 fully saturated rings. The van der Waals surface area contributed by atoms with Crippen LogP contribution in [-0.2, 0) is 26.1 Å². The minimum absolute atomic E-state index is 0.0344.